The van der Waals surface area contributed by atoms with E-state index in [2.05, 4.69) is 15.8 Å². The average molecular weight is 396 g/mol. The minimum absolute atomic E-state index is 0.273. The predicted octanol–water partition coefficient (Wildman–Crippen LogP) is 1.26. The molecule has 0 aliphatic carbocycles. The van der Waals surface area contributed by atoms with E-state index in [1.54, 1.807) is 36.4 Å². The zero-order valence-electron chi connectivity index (χ0n) is 16.0. The number of methoxy groups -OCH3 is 1. The normalized spacial score (nSPS) is 10.4. The number of carbonyl (C=O) groups excluding carboxylic acids is 2. The summed E-state index contributed by atoms with van der Waals surface area (Å²) in [6, 6.07) is 11.5. The van der Waals surface area contributed by atoms with Crippen LogP contribution >= 0.6 is 0 Å². The molecular formula is C20H20N4O5. The highest BCUT2D eigenvalue weighted by atomic mass is 16.5. The van der Waals surface area contributed by atoms with E-state index in [1.807, 2.05) is 6.92 Å². The number of hydrazine groups is 1. The lowest BCUT2D eigenvalue weighted by molar-refractivity contribution is -0.122. The molecule has 3 aromatic rings. The van der Waals surface area contributed by atoms with Crippen LogP contribution in [0, 0.1) is 0 Å². The Morgan fingerprint density at radius 1 is 1.10 bits per heavy atom. The summed E-state index contributed by atoms with van der Waals surface area (Å²) in [6.45, 7) is 2.01. The van der Waals surface area contributed by atoms with Gasteiger partial charge in [0, 0.05) is 5.56 Å². The van der Waals surface area contributed by atoms with Gasteiger partial charge in [-0.2, -0.15) is 0 Å². The summed E-state index contributed by atoms with van der Waals surface area (Å²) in [4.78, 5) is 41.0. The van der Waals surface area contributed by atoms with Crippen LogP contribution in [0.2, 0.25) is 0 Å². The summed E-state index contributed by atoms with van der Waals surface area (Å²) in [5, 5.41) is 0.410. The fourth-order valence-electron chi connectivity index (χ4n) is 2.70. The van der Waals surface area contributed by atoms with E-state index in [9.17, 15) is 14.4 Å². The molecule has 0 fully saturated rings. The number of amides is 2. The summed E-state index contributed by atoms with van der Waals surface area (Å²) in [6.07, 6.45) is 1.30. The molecule has 0 aliphatic heterocycles. The van der Waals surface area contributed by atoms with Crippen molar-refractivity contribution in [2.45, 2.75) is 13.5 Å². The van der Waals surface area contributed by atoms with Gasteiger partial charge in [0.2, 0.25) is 0 Å². The molecule has 0 atom stereocenters. The summed E-state index contributed by atoms with van der Waals surface area (Å²) < 4.78 is 11.8. The third-order valence-electron chi connectivity index (χ3n) is 4.09. The fraction of sp³-hybridized carbons (Fsp3) is 0.200. The molecule has 3 rings (SSSR count). The van der Waals surface area contributed by atoms with Gasteiger partial charge in [0.15, 0.2) is 11.5 Å². The lowest BCUT2D eigenvalue weighted by Crippen LogP contribution is -2.44. The highest BCUT2D eigenvalue weighted by Crippen LogP contribution is 2.27. The van der Waals surface area contributed by atoms with Crippen molar-refractivity contribution in [1.82, 2.24) is 20.4 Å². The molecule has 29 heavy (non-hydrogen) atoms. The van der Waals surface area contributed by atoms with Crippen LogP contribution in [0.25, 0.3) is 10.9 Å². The number of para-hydroxylation sites is 1. The summed E-state index contributed by atoms with van der Waals surface area (Å²) in [7, 11) is 1.47. The minimum atomic E-state index is -0.574. The molecule has 2 N–H and O–H groups in total. The number of benzene rings is 2. The van der Waals surface area contributed by atoms with Crippen molar-refractivity contribution in [3.63, 3.8) is 0 Å². The number of ether oxygens (including phenoxy) is 2. The van der Waals surface area contributed by atoms with E-state index in [0.29, 0.717) is 29.0 Å². The number of nitrogens with one attached hydrogen (secondary N) is 2. The largest absolute Gasteiger partial charge is 0.493 e. The quantitative estimate of drug-likeness (QED) is 0.607. The molecule has 2 aromatic carbocycles. The van der Waals surface area contributed by atoms with Crippen molar-refractivity contribution < 1.29 is 19.1 Å². The monoisotopic (exact) mass is 396 g/mol. The van der Waals surface area contributed by atoms with E-state index in [-0.39, 0.29) is 17.7 Å². The number of rotatable bonds is 6. The molecule has 9 nitrogen and oxygen atoms in total. The maximum absolute atomic E-state index is 12.4. The van der Waals surface area contributed by atoms with E-state index < -0.39 is 11.8 Å². The first-order valence-electron chi connectivity index (χ1n) is 8.87. The summed E-state index contributed by atoms with van der Waals surface area (Å²) in [5.41, 5.74) is 5.07. The Morgan fingerprint density at radius 2 is 1.90 bits per heavy atom. The van der Waals surface area contributed by atoms with Gasteiger partial charge in [-0.25, -0.2) is 4.98 Å². The molecule has 0 saturated carbocycles. The van der Waals surface area contributed by atoms with Crippen LogP contribution < -0.4 is 25.9 Å². The topological polar surface area (TPSA) is 112 Å². The van der Waals surface area contributed by atoms with Gasteiger partial charge in [0.05, 0.1) is 30.9 Å². The number of hydrogen-bond acceptors (Lipinski definition) is 6. The molecule has 0 spiro atoms. The van der Waals surface area contributed by atoms with Gasteiger partial charge in [-0.05, 0) is 37.3 Å². The number of aromatic nitrogens is 2. The van der Waals surface area contributed by atoms with Crippen molar-refractivity contribution in [2.75, 3.05) is 13.7 Å². The molecule has 0 radical (unpaired) electrons. The van der Waals surface area contributed by atoms with Crippen LogP contribution in [-0.2, 0) is 11.3 Å². The maximum Gasteiger partial charge on any atom is 0.269 e. The van der Waals surface area contributed by atoms with Gasteiger partial charge < -0.3 is 9.47 Å². The van der Waals surface area contributed by atoms with Crippen molar-refractivity contribution in [3.8, 4) is 11.5 Å². The zero-order chi connectivity index (χ0) is 20.8. The first-order valence-corrected chi connectivity index (χ1v) is 8.87. The van der Waals surface area contributed by atoms with Gasteiger partial charge >= 0.3 is 0 Å². The number of nitrogens with zero attached hydrogens (tertiary/aromatic N) is 2. The molecule has 0 aliphatic rings. The third-order valence-corrected chi connectivity index (χ3v) is 4.09. The van der Waals surface area contributed by atoms with Crippen LogP contribution in [0.5, 0.6) is 11.5 Å². The van der Waals surface area contributed by atoms with Crippen molar-refractivity contribution in [1.29, 1.82) is 0 Å². The van der Waals surface area contributed by atoms with E-state index in [1.165, 1.54) is 24.1 Å². The van der Waals surface area contributed by atoms with Gasteiger partial charge in [0.1, 0.15) is 6.54 Å². The first kappa shape index (κ1) is 19.9. The lowest BCUT2D eigenvalue weighted by atomic mass is 10.2. The molecule has 1 heterocycles. The van der Waals surface area contributed by atoms with Crippen molar-refractivity contribution >= 4 is 22.7 Å². The smallest absolute Gasteiger partial charge is 0.269 e. The Bertz CT molecular complexity index is 1110. The highest BCUT2D eigenvalue weighted by Gasteiger charge is 2.13. The Balaban J connectivity index is 1.64. The van der Waals surface area contributed by atoms with Gasteiger partial charge in [-0.15, -0.1) is 0 Å². The number of carbonyl (C=O) groups is 2. The molecule has 0 saturated heterocycles. The Hall–Kier alpha value is -3.88. The molecule has 9 heteroatoms. The van der Waals surface area contributed by atoms with Gasteiger partial charge in [0.25, 0.3) is 17.4 Å². The van der Waals surface area contributed by atoms with Crippen molar-refractivity contribution in [3.05, 3.63) is 64.7 Å². The Morgan fingerprint density at radius 3 is 2.66 bits per heavy atom. The molecule has 1 aromatic heterocycles. The van der Waals surface area contributed by atoms with E-state index in [4.69, 9.17) is 9.47 Å². The third kappa shape index (κ3) is 4.52. The number of hydrogen-bond donors (Lipinski definition) is 2. The second-order valence-electron chi connectivity index (χ2n) is 6.00. The van der Waals surface area contributed by atoms with Crippen LogP contribution in [0.3, 0.4) is 0 Å². The van der Waals surface area contributed by atoms with Gasteiger partial charge in [-0.3, -0.25) is 29.8 Å². The lowest BCUT2D eigenvalue weighted by Gasteiger charge is -2.12. The van der Waals surface area contributed by atoms with Crippen LogP contribution in [0.4, 0.5) is 0 Å². The first-order chi connectivity index (χ1) is 14.0. The minimum Gasteiger partial charge on any atom is -0.493 e. The standard InChI is InChI=1S/C20H20N4O5/c1-3-29-16-9-8-13(10-17(16)28-2)19(26)23-22-18(25)11-24-12-21-15-7-5-4-6-14(15)20(24)27/h4-10,12H,3,11H2,1-2H3,(H,22,25)(H,23,26). The maximum atomic E-state index is 12.4. The van der Waals surface area contributed by atoms with Crippen molar-refractivity contribution in [2.24, 2.45) is 0 Å². The average Bonchev–Trinajstić information content (AvgIpc) is 2.74. The van der Waals surface area contributed by atoms with Gasteiger partial charge in [-0.1, -0.05) is 12.1 Å². The zero-order valence-corrected chi connectivity index (χ0v) is 16.0. The fourth-order valence-corrected chi connectivity index (χ4v) is 2.70. The Labute approximate surface area is 166 Å². The summed E-state index contributed by atoms with van der Waals surface area (Å²) in [5.74, 6) is -0.197. The molecule has 0 unspecified atom stereocenters. The van der Waals surface area contributed by atoms with E-state index in [0.717, 1.165) is 0 Å². The molecule has 0 bridgehead atoms. The second-order valence-corrected chi connectivity index (χ2v) is 6.00. The molecule has 150 valence electrons. The SMILES string of the molecule is CCOc1ccc(C(=O)NNC(=O)Cn2cnc3ccccc3c2=O)cc1OC. The molecule has 2 amide bonds. The Kier molecular flexibility index (Phi) is 6.08. The number of fused-ring (bicyclic) bond motifs is 1. The highest BCUT2D eigenvalue weighted by molar-refractivity contribution is 5.96. The van der Waals surface area contributed by atoms with Crippen LogP contribution in [0.1, 0.15) is 17.3 Å². The molecular weight excluding hydrogens is 376 g/mol. The second kappa shape index (κ2) is 8.87. The summed E-state index contributed by atoms with van der Waals surface area (Å²) >= 11 is 0. The predicted molar refractivity (Wildman–Crippen MR) is 106 cm³/mol. The van der Waals surface area contributed by atoms with Crippen LogP contribution in [-0.4, -0.2) is 35.1 Å². The van der Waals surface area contributed by atoms with Crippen LogP contribution in [0.15, 0.2) is 53.6 Å². The van der Waals surface area contributed by atoms with E-state index >= 15 is 0 Å².